The lowest BCUT2D eigenvalue weighted by atomic mass is 10.1. The average Bonchev–Trinajstić information content (AvgIpc) is 3.12. The van der Waals surface area contributed by atoms with Crippen LogP contribution in [0.25, 0.3) is 11.3 Å². The number of hydrogen-bond donors (Lipinski definition) is 1. The van der Waals surface area contributed by atoms with Crippen LogP contribution in [0, 0.1) is 0 Å². The zero-order valence-electron chi connectivity index (χ0n) is 13.7. The summed E-state index contributed by atoms with van der Waals surface area (Å²) in [6, 6.07) is 7.31. The second-order valence-corrected chi connectivity index (χ2v) is 5.51. The third-order valence-electron chi connectivity index (χ3n) is 3.98. The fraction of sp³-hybridized carbons (Fsp3) is 0.412. The van der Waals surface area contributed by atoms with Gasteiger partial charge in [-0.2, -0.15) is 0 Å². The maximum absolute atomic E-state index is 12.4. The van der Waals surface area contributed by atoms with Crippen LogP contribution < -0.4 is 10.1 Å². The molecule has 0 atom stereocenters. The van der Waals surface area contributed by atoms with Gasteiger partial charge < -0.3 is 19.3 Å². The molecule has 1 aromatic heterocycles. The smallest absolute Gasteiger partial charge is 0.256 e. The van der Waals surface area contributed by atoms with Gasteiger partial charge in [0.1, 0.15) is 11.3 Å². The molecule has 0 unspecified atom stereocenters. The number of nitrogens with zero attached hydrogens (tertiary/aromatic N) is 2. The summed E-state index contributed by atoms with van der Waals surface area (Å²) in [5.41, 5.74) is 1.22. The molecule has 0 aliphatic carbocycles. The van der Waals surface area contributed by atoms with Crippen molar-refractivity contribution < 1.29 is 18.8 Å². The Morgan fingerprint density at radius 1 is 1.29 bits per heavy atom. The summed E-state index contributed by atoms with van der Waals surface area (Å²) in [7, 11) is 1.61. The third kappa shape index (κ3) is 3.93. The SMILES string of the molecule is COc1ccc(-c2oncc2C(=O)NCCN2CCOCC2)cc1. The summed E-state index contributed by atoms with van der Waals surface area (Å²) in [4.78, 5) is 14.7. The molecule has 1 aromatic carbocycles. The van der Waals surface area contributed by atoms with Gasteiger partial charge in [0, 0.05) is 31.7 Å². The van der Waals surface area contributed by atoms with Gasteiger partial charge in [0.05, 0.1) is 26.5 Å². The number of aromatic nitrogens is 1. The molecule has 1 N–H and O–H groups in total. The van der Waals surface area contributed by atoms with E-state index < -0.39 is 0 Å². The largest absolute Gasteiger partial charge is 0.497 e. The summed E-state index contributed by atoms with van der Waals surface area (Å²) in [5.74, 6) is 1.02. The number of morpholine rings is 1. The number of nitrogens with one attached hydrogen (secondary N) is 1. The van der Waals surface area contributed by atoms with Crippen LogP contribution in [0.15, 0.2) is 35.0 Å². The molecule has 2 aromatic rings. The molecule has 24 heavy (non-hydrogen) atoms. The van der Waals surface area contributed by atoms with Crippen LogP contribution in [0.3, 0.4) is 0 Å². The molecule has 2 heterocycles. The van der Waals surface area contributed by atoms with Crippen molar-refractivity contribution in [2.24, 2.45) is 0 Å². The number of carbonyl (C=O) groups excluding carboxylic acids is 1. The first-order chi connectivity index (χ1) is 11.8. The van der Waals surface area contributed by atoms with Crippen LogP contribution in [0.1, 0.15) is 10.4 Å². The second-order valence-electron chi connectivity index (χ2n) is 5.51. The molecule has 1 aliphatic heterocycles. The lowest BCUT2D eigenvalue weighted by molar-refractivity contribution is 0.0383. The van der Waals surface area contributed by atoms with Crippen molar-refractivity contribution in [3.63, 3.8) is 0 Å². The van der Waals surface area contributed by atoms with Gasteiger partial charge >= 0.3 is 0 Å². The molecular weight excluding hydrogens is 310 g/mol. The molecule has 128 valence electrons. The van der Waals surface area contributed by atoms with Crippen molar-refractivity contribution in [3.8, 4) is 17.1 Å². The molecule has 1 amide bonds. The van der Waals surface area contributed by atoms with E-state index in [1.807, 2.05) is 24.3 Å². The standard InChI is InChI=1S/C17H21N3O4/c1-22-14-4-2-13(3-5-14)16-15(12-19-24-16)17(21)18-6-7-20-8-10-23-11-9-20/h2-5,12H,6-11H2,1H3,(H,18,21). The van der Waals surface area contributed by atoms with Gasteiger partial charge in [-0.3, -0.25) is 9.69 Å². The van der Waals surface area contributed by atoms with Gasteiger partial charge in [-0.25, -0.2) is 0 Å². The van der Waals surface area contributed by atoms with E-state index in [1.165, 1.54) is 6.20 Å². The quantitative estimate of drug-likeness (QED) is 0.862. The molecule has 0 spiro atoms. The van der Waals surface area contributed by atoms with E-state index in [2.05, 4.69) is 15.4 Å². The average molecular weight is 331 g/mol. The van der Waals surface area contributed by atoms with E-state index in [1.54, 1.807) is 7.11 Å². The number of ether oxygens (including phenoxy) is 2. The zero-order valence-corrected chi connectivity index (χ0v) is 13.7. The Balaban J connectivity index is 1.60. The van der Waals surface area contributed by atoms with Crippen molar-refractivity contribution in [1.29, 1.82) is 0 Å². The monoisotopic (exact) mass is 331 g/mol. The van der Waals surface area contributed by atoms with Crippen molar-refractivity contribution in [1.82, 2.24) is 15.4 Å². The molecule has 1 saturated heterocycles. The highest BCUT2D eigenvalue weighted by atomic mass is 16.5. The third-order valence-corrected chi connectivity index (χ3v) is 3.98. The highest BCUT2D eigenvalue weighted by Crippen LogP contribution is 2.25. The summed E-state index contributed by atoms with van der Waals surface area (Å²) < 4.78 is 15.7. The zero-order chi connectivity index (χ0) is 16.8. The minimum atomic E-state index is -0.185. The highest BCUT2D eigenvalue weighted by Gasteiger charge is 2.18. The fourth-order valence-electron chi connectivity index (χ4n) is 2.60. The van der Waals surface area contributed by atoms with Crippen molar-refractivity contribution in [3.05, 3.63) is 36.0 Å². The Morgan fingerprint density at radius 3 is 2.75 bits per heavy atom. The molecule has 0 saturated carbocycles. The second kappa shape index (κ2) is 7.94. The van der Waals surface area contributed by atoms with Gasteiger partial charge in [-0.1, -0.05) is 5.16 Å². The van der Waals surface area contributed by atoms with Crippen LogP contribution in [-0.4, -0.2) is 62.5 Å². The Morgan fingerprint density at radius 2 is 2.04 bits per heavy atom. The van der Waals surface area contributed by atoms with Gasteiger partial charge in [0.15, 0.2) is 5.76 Å². The van der Waals surface area contributed by atoms with Crippen molar-refractivity contribution in [2.75, 3.05) is 46.5 Å². The number of rotatable bonds is 6. The summed E-state index contributed by atoms with van der Waals surface area (Å²) >= 11 is 0. The van der Waals surface area contributed by atoms with Crippen molar-refractivity contribution in [2.45, 2.75) is 0 Å². The Bertz CT molecular complexity index is 663. The first kappa shape index (κ1) is 16.5. The minimum Gasteiger partial charge on any atom is -0.497 e. The van der Waals surface area contributed by atoms with Gasteiger partial charge in [0.2, 0.25) is 0 Å². The molecule has 7 heteroatoms. The first-order valence-electron chi connectivity index (χ1n) is 7.95. The molecule has 3 rings (SSSR count). The maximum Gasteiger partial charge on any atom is 0.256 e. The van der Waals surface area contributed by atoms with E-state index in [0.29, 0.717) is 17.9 Å². The van der Waals surface area contributed by atoms with E-state index in [4.69, 9.17) is 14.0 Å². The molecule has 1 fully saturated rings. The van der Waals surface area contributed by atoms with Crippen molar-refractivity contribution >= 4 is 5.91 Å². The lowest BCUT2D eigenvalue weighted by Gasteiger charge is -2.26. The lowest BCUT2D eigenvalue weighted by Crippen LogP contribution is -2.41. The molecule has 0 bridgehead atoms. The van der Waals surface area contributed by atoms with E-state index >= 15 is 0 Å². The summed E-state index contributed by atoms with van der Waals surface area (Å²) in [5, 5.41) is 6.69. The number of hydrogen-bond acceptors (Lipinski definition) is 6. The maximum atomic E-state index is 12.4. The van der Waals surface area contributed by atoms with Gasteiger partial charge in [-0.05, 0) is 24.3 Å². The van der Waals surface area contributed by atoms with Crippen LogP contribution in [-0.2, 0) is 4.74 Å². The van der Waals surface area contributed by atoms with E-state index in [-0.39, 0.29) is 5.91 Å². The highest BCUT2D eigenvalue weighted by molar-refractivity contribution is 5.99. The summed E-state index contributed by atoms with van der Waals surface area (Å²) in [6.07, 6.45) is 1.45. The number of carbonyl (C=O) groups is 1. The molecule has 0 radical (unpaired) electrons. The summed E-state index contributed by atoms with van der Waals surface area (Å²) in [6.45, 7) is 4.69. The molecule has 1 aliphatic rings. The van der Waals surface area contributed by atoms with Crippen LogP contribution in [0.2, 0.25) is 0 Å². The Labute approximate surface area is 140 Å². The van der Waals surface area contributed by atoms with E-state index in [9.17, 15) is 4.79 Å². The normalized spacial score (nSPS) is 15.2. The Hall–Kier alpha value is -2.38. The topological polar surface area (TPSA) is 76.8 Å². The van der Waals surface area contributed by atoms with Gasteiger partial charge in [0.25, 0.3) is 5.91 Å². The van der Waals surface area contributed by atoms with E-state index in [0.717, 1.165) is 44.2 Å². The van der Waals surface area contributed by atoms with Gasteiger partial charge in [-0.15, -0.1) is 0 Å². The predicted molar refractivity (Wildman–Crippen MR) is 88.1 cm³/mol. The fourth-order valence-corrected chi connectivity index (χ4v) is 2.60. The number of methoxy groups -OCH3 is 1. The first-order valence-corrected chi connectivity index (χ1v) is 7.95. The molecular formula is C17H21N3O4. The number of amides is 1. The van der Waals surface area contributed by atoms with Crippen LogP contribution in [0.5, 0.6) is 5.75 Å². The van der Waals surface area contributed by atoms with Crippen LogP contribution >= 0.6 is 0 Å². The van der Waals surface area contributed by atoms with Crippen LogP contribution in [0.4, 0.5) is 0 Å². The minimum absolute atomic E-state index is 0.185. The number of benzene rings is 1. The Kier molecular flexibility index (Phi) is 5.45. The molecule has 7 nitrogen and oxygen atoms in total. The predicted octanol–water partition coefficient (Wildman–Crippen LogP) is 1.41.